The molecule has 0 bridgehead atoms. The molecule has 0 unspecified atom stereocenters. The number of benzene rings is 1. The molecular formula is C14H18N2O3S. The highest BCUT2D eigenvalue weighted by Gasteiger charge is 2.17. The number of amides is 1. The summed E-state index contributed by atoms with van der Waals surface area (Å²) in [7, 11) is -3.56. The molecule has 1 amide bonds. The molecule has 6 heteroatoms. The van der Waals surface area contributed by atoms with Crippen LogP contribution in [-0.4, -0.2) is 25.1 Å². The number of aromatic nitrogens is 1. The first-order chi connectivity index (χ1) is 9.52. The summed E-state index contributed by atoms with van der Waals surface area (Å²) in [6.45, 7) is 2.00. The Bertz CT molecular complexity index is 671. The molecule has 0 aliphatic heterocycles. The molecule has 0 aliphatic carbocycles. The van der Waals surface area contributed by atoms with E-state index in [1.165, 1.54) is 0 Å². The van der Waals surface area contributed by atoms with E-state index in [0.29, 0.717) is 6.42 Å². The molecule has 0 saturated heterocycles. The molecule has 5 nitrogen and oxygen atoms in total. The minimum Gasteiger partial charge on any atom is -0.351 e. The molecule has 2 aromatic rings. The van der Waals surface area contributed by atoms with E-state index in [0.717, 1.165) is 23.7 Å². The Kier molecular flexibility index (Phi) is 4.44. The summed E-state index contributed by atoms with van der Waals surface area (Å²) >= 11 is 0. The van der Waals surface area contributed by atoms with Crippen molar-refractivity contribution in [3.05, 3.63) is 36.0 Å². The lowest BCUT2D eigenvalue weighted by Gasteiger charge is -2.05. The molecule has 0 atom stereocenters. The van der Waals surface area contributed by atoms with Crippen molar-refractivity contribution in [2.24, 2.45) is 0 Å². The summed E-state index contributed by atoms with van der Waals surface area (Å²) < 4.78 is 25.6. The van der Waals surface area contributed by atoms with E-state index in [9.17, 15) is 13.2 Å². The zero-order valence-corrected chi connectivity index (χ0v) is 12.2. The Morgan fingerprint density at radius 2 is 2.00 bits per heavy atom. The monoisotopic (exact) mass is 294 g/mol. The van der Waals surface area contributed by atoms with Crippen LogP contribution in [0.4, 0.5) is 0 Å². The van der Waals surface area contributed by atoms with Gasteiger partial charge >= 0.3 is 0 Å². The molecule has 2 rings (SSSR count). The second kappa shape index (κ2) is 6.09. The summed E-state index contributed by atoms with van der Waals surface area (Å²) in [4.78, 5) is 14.8. The van der Waals surface area contributed by atoms with Gasteiger partial charge in [-0.3, -0.25) is 4.79 Å². The fraction of sp³-hybridized carbons (Fsp3) is 0.357. The van der Waals surface area contributed by atoms with Crippen molar-refractivity contribution < 1.29 is 13.2 Å². The van der Waals surface area contributed by atoms with Gasteiger partial charge in [-0.15, -0.1) is 0 Å². The molecule has 1 heterocycles. The molecule has 0 spiro atoms. The highest BCUT2D eigenvalue weighted by Crippen LogP contribution is 2.14. The van der Waals surface area contributed by atoms with Gasteiger partial charge in [0.1, 0.15) is 5.69 Å². The SMILES string of the molecule is CCCCCS(=O)(=O)NC(=O)c1cc2ccccc2[nH]1. The van der Waals surface area contributed by atoms with Gasteiger partial charge in [0, 0.05) is 10.9 Å². The molecule has 0 aliphatic rings. The van der Waals surface area contributed by atoms with Crippen LogP contribution in [0.15, 0.2) is 30.3 Å². The van der Waals surface area contributed by atoms with E-state index in [2.05, 4.69) is 9.71 Å². The molecule has 0 fully saturated rings. The maximum absolute atomic E-state index is 11.9. The Balaban J connectivity index is 2.07. The van der Waals surface area contributed by atoms with E-state index in [4.69, 9.17) is 0 Å². The van der Waals surface area contributed by atoms with Crippen molar-refractivity contribution in [1.82, 2.24) is 9.71 Å². The summed E-state index contributed by atoms with van der Waals surface area (Å²) in [6.07, 6.45) is 2.33. The number of aromatic amines is 1. The number of para-hydroxylation sites is 1. The second-order valence-corrected chi connectivity index (χ2v) is 6.57. The van der Waals surface area contributed by atoms with Gasteiger partial charge in [-0.05, 0) is 18.6 Å². The number of H-pyrrole nitrogens is 1. The molecule has 20 heavy (non-hydrogen) atoms. The fourth-order valence-corrected chi connectivity index (χ4v) is 3.06. The van der Waals surface area contributed by atoms with Crippen molar-refractivity contribution in [3.8, 4) is 0 Å². The highest BCUT2D eigenvalue weighted by atomic mass is 32.2. The number of carbonyl (C=O) groups is 1. The largest absolute Gasteiger partial charge is 0.351 e. The van der Waals surface area contributed by atoms with Crippen molar-refractivity contribution >= 4 is 26.8 Å². The molecular weight excluding hydrogens is 276 g/mol. The van der Waals surface area contributed by atoms with Gasteiger partial charge in [-0.1, -0.05) is 38.0 Å². The Morgan fingerprint density at radius 1 is 1.25 bits per heavy atom. The van der Waals surface area contributed by atoms with Crippen LogP contribution >= 0.6 is 0 Å². The quantitative estimate of drug-likeness (QED) is 0.803. The number of unbranched alkanes of at least 4 members (excludes halogenated alkanes) is 2. The van der Waals surface area contributed by atoms with E-state index in [1.807, 2.05) is 31.2 Å². The van der Waals surface area contributed by atoms with Crippen LogP contribution in [0.3, 0.4) is 0 Å². The summed E-state index contributed by atoms with van der Waals surface area (Å²) in [5.74, 6) is -0.634. The predicted molar refractivity (Wildman–Crippen MR) is 79.1 cm³/mol. The van der Waals surface area contributed by atoms with E-state index >= 15 is 0 Å². The van der Waals surface area contributed by atoms with Gasteiger partial charge in [-0.25, -0.2) is 13.1 Å². The summed E-state index contributed by atoms with van der Waals surface area (Å²) in [5, 5.41) is 0.876. The molecule has 2 N–H and O–H groups in total. The number of fused-ring (bicyclic) bond motifs is 1. The number of hydrogen-bond acceptors (Lipinski definition) is 3. The summed E-state index contributed by atoms with van der Waals surface area (Å²) in [5.41, 5.74) is 1.06. The van der Waals surface area contributed by atoms with Crippen molar-refractivity contribution in [2.45, 2.75) is 26.2 Å². The molecule has 0 saturated carbocycles. The van der Waals surface area contributed by atoms with Gasteiger partial charge in [0.25, 0.3) is 5.91 Å². The second-order valence-electron chi connectivity index (χ2n) is 4.73. The van der Waals surface area contributed by atoms with Crippen LogP contribution in [0.2, 0.25) is 0 Å². The lowest BCUT2D eigenvalue weighted by atomic mass is 10.2. The normalized spacial score (nSPS) is 11.7. The van der Waals surface area contributed by atoms with E-state index in [-0.39, 0.29) is 11.4 Å². The van der Waals surface area contributed by atoms with Gasteiger partial charge < -0.3 is 4.98 Å². The molecule has 0 radical (unpaired) electrons. The van der Waals surface area contributed by atoms with E-state index < -0.39 is 15.9 Å². The Labute approximate surface area is 118 Å². The van der Waals surface area contributed by atoms with Crippen molar-refractivity contribution in [2.75, 3.05) is 5.75 Å². The molecule has 1 aromatic heterocycles. The zero-order valence-electron chi connectivity index (χ0n) is 11.3. The Morgan fingerprint density at radius 3 is 2.70 bits per heavy atom. The van der Waals surface area contributed by atoms with Crippen LogP contribution in [0, 0.1) is 0 Å². The minimum absolute atomic E-state index is 0.0210. The third-order valence-electron chi connectivity index (χ3n) is 3.04. The van der Waals surface area contributed by atoms with Gasteiger partial charge in [-0.2, -0.15) is 0 Å². The van der Waals surface area contributed by atoms with Gasteiger partial charge in [0.05, 0.1) is 5.75 Å². The third kappa shape index (κ3) is 3.60. The maximum atomic E-state index is 11.9. The third-order valence-corrected chi connectivity index (χ3v) is 4.36. The van der Waals surface area contributed by atoms with Gasteiger partial charge in [0.2, 0.25) is 10.0 Å². The standard InChI is InChI=1S/C14H18N2O3S/c1-2-3-6-9-20(18,19)16-14(17)13-10-11-7-4-5-8-12(11)15-13/h4-5,7-8,10,15H,2-3,6,9H2,1H3,(H,16,17). The summed E-state index contributed by atoms with van der Waals surface area (Å²) in [6, 6.07) is 9.05. The van der Waals surface area contributed by atoms with Gasteiger partial charge in [0.15, 0.2) is 0 Å². The molecule has 1 aromatic carbocycles. The smallest absolute Gasteiger partial charge is 0.281 e. The first-order valence-electron chi connectivity index (χ1n) is 6.64. The van der Waals surface area contributed by atoms with Crippen LogP contribution in [0.25, 0.3) is 10.9 Å². The Hall–Kier alpha value is -1.82. The first kappa shape index (κ1) is 14.6. The van der Waals surface area contributed by atoms with Crippen molar-refractivity contribution in [3.63, 3.8) is 0 Å². The average Bonchev–Trinajstić information content (AvgIpc) is 2.82. The number of nitrogens with one attached hydrogen (secondary N) is 2. The predicted octanol–water partition coefficient (Wildman–Crippen LogP) is 2.42. The van der Waals surface area contributed by atoms with Crippen molar-refractivity contribution in [1.29, 1.82) is 0 Å². The lowest BCUT2D eigenvalue weighted by molar-refractivity contribution is 0.0977. The van der Waals surface area contributed by atoms with Crippen LogP contribution in [0.1, 0.15) is 36.7 Å². The number of rotatable bonds is 6. The minimum atomic E-state index is -3.56. The lowest BCUT2D eigenvalue weighted by Crippen LogP contribution is -2.32. The topological polar surface area (TPSA) is 79.0 Å². The van der Waals surface area contributed by atoms with E-state index in [1.54, 1.807) is 6.07 Å². The van der Waals surface area contributed by atoms with Crippen LogP contribution < -0.4 is 4.72 Å². The first-order valence-corrected chi connectivity index (χ1v) is 8.29. The maximum Gasteiger partial charge on any atom is 0.281 e. The fourth-order valence-electron chi connectivity index (χ4n) is 1.99. The zero-order chi connectivity index (χ0) is 14.6. The number of hydrogen-bond donors (Lipinski definition) is 2. The molecule has 108 valence electrons. The number of sulfonamides is 1. The van der Waals surface area contributed by atoms with Crippen LogP contribution in [-0.2, 0) is 10.0 Å². The average molecular weight is 294 g/mol. The van der Waals surface area contributed by atoms with Crippen LogP contribution in [0.5, 0.6) is 0 Å². The highest BCUT2D eigenvalue weighted by molar-refractivity contribution is 7.90. The number of carbonyl (C=O) groups excluding carboxylic acids is 1.